The lowest BCUT2D eigenvalue weighted by atomic mass is 10.1. The maximum Gasteiger partial charge on any atom is 0.0746 e. The summed E-state index contributed by atoms with van der Waals surface area (Å²) in [6, 6.07) is 2.66. The van der Waals surface area contributed by atoms with Crippen molar-refractivity contribution in [3.05, 3.63) is 21.4 Å². The van der Waals surface area contributed by atoms with Gasteiger partial charge >= 0.3 is 0 Å². The number of nitrogens with one attached hydrogen (secondary N) is 1. The van der Waals surface area contributed by atoms with Crippen molar-refractivity contribution < 1.29 is 4.74 Å². The lowest BCUT2D eigenvalue weighted by molar-refractivity contribution is 0.0214. The van der Waals surface area contributed by atoms with Crippen LogP contribution in [0.2, 0.25) is 0 Å². The Balaban J connectivity index is 2.59. The summed E-state index contributed by atoms with van der Waals surface area (Å²) in [5, 5.41) is 3.53. The second kappa shape index (κ2) is 5.30. The first-order chi connectivity index (χ1) is 7.35. The molecule has 0 saturated carbocycles. The van der Waals surface area contributed by atoms with E-state index in [4.69, 9.17) is 4.74 Å². The fourth-order valence-electron chi connectivity index (χ4n) is 1.66. The number of aryl methyl sites for hydroxylation is 2. The van der Waals surface area contributed by atoms with Gasteiger partial charge in [0, 0.05) is 29.5 Å². The zero-order valence-electron chi connectivity index (χ0n) is 11.2. The topological polar surface area (TPSA) is 21.3 Å². The predicted octanol–water partition coefficient (Wildman–Crippen LogP) is 3.44. The van der Waals surface area contributed by atoms with Crippen LogP contribution in [0.4, 0.5) is 0 Å². The van der Waals surface area contributed by atoms with Crippen LogP contribution in [0.3, 0.4) is 0 Å². The molecule has 0 aliphatic rings. The molecule has 0 bridgehead atoms. The Labute approximate surface area is 103 Å². The van der Waals surface area contributed by atoms with Crippen LogP contribution in [0.5, 0.6) is 0 Å². The average molecular weight is 241 g/mol. The molecule has 1 rings (SSSR count). The molecule has 0 aromatic carbocycles. The van der Waals surface area contributed by atoms with Gasteiger partial charge in [-0.1, -0.05) is 0 Å². The highest BCUT2D eigenvalue weighted by Crippen LogP contribution is 2.26. The van der Waals surface area contributed by atoms with E-state index in [0.29, 0.717) is 6.04 Å². The van der Waals surface area contributed by atoms with Gasteiger partial charge in [-0.05, 0) is 46.2 Å². The van der Waals surface area contributed by atoms with Crippen LogP contribution in [-0.2, 0) is 4.74 Å². The molecule has 1 atom stereocenters. The average Bonchev–Trinajstić information content (AvgIpc) is 2.54. The fraction of sp³-hybridized carbons (Fsp3) is 0.692. The van der Waals surface area contributed by atoms with Crippen LogP contribution in [-0.4, -0.2) is 19.3 Å². The van der Waals surface area contributed by atoms with Crippen molar-refractivity contribution in [2.24, 2.45) is 0 Å². The number of ether oxygens (including phenoxy) is 1. The summed E-state index contributed by atoms with van der Waals surface area (Å²) >= 11 is 1.87. The van der Waals surface area contributed by atoms with E-state index in [1.54, 1.807) is 7.11 Å². The molecule has 0 saturated heterocycles. The Bertz CT molecular complexity index is 344. The van der Waals surface area contributed by atoms with Crippen molar-refractivity contribution in [3.63, 3.8) is 0 Å². The summed E-state index contributed by atoms with van der Waals surface area (Å²) < 4.78 is 5.40. The molecule has 1 unspecified atom stereocenters. The summed E-state index contributed by atoms with van der Waals surface area (Å²) in [4.78, 5) is 2.79. The van der Waals surface area contributed by atoms with Crippen molar-refractivity contribution in [2.75, 3.05) is 13.7 Å². The van der Waals surface area contributed by atoms with Gasteiger partial charge in [-0.15, -0.1) is 11.3 Å². The van der Waals surface area contributed by atoms with Gasteiger partial charge in [0.1, 0.15) is 0 Å². The molecule has 0 amide bonds. The molecular weight excluding hydrogens is 218 g/mol. The summed E-state index contributed by atoms with van der Waals surface area (Å²) in [7, 11) is 1.76. The molecule has 0 radical (unpaired) electrons. The van der Waals surface area contributed by atoms with Gasteiger partial charge in [0.15, 0.2) is 0 Å². The summed E-state index contributed by atoms with van der Waals surface area (Å²) in [5.41, 5.74) is 1.31. The van der Waals surface area contributed by atoms with Gasteiger partial charge in [-0.25, -0.2) is 0 Å². The van der Waals surface area contributed by atoms with Crippen LogP contribution in [0.25, 0.3) is 0 Å². The van der Waals surface area contributed by atoms with Crippen LogP contribution >= 0.6 is 11.3 Å². The summed E-state index contributed by atoms with van der Waals surface area (Å²) in [5.74, 6) is 0. The van der Waals surface area contributed by atoms with Gasteiger partial charge in [-0.2, -0.15) is 0 Å². The number of thiophene rings is 1. The van der Waals surface area contributed by atoms with Gasteiger partial charge in [0.05, 0.1) is 5.60 Å². The minimum atomic E-state index is -0.104. The Morgan fingerprint density at radius 3 is 2.50 bits per heavy atom. The third-order valence-electron chi connectivity index (χ3n) is 2.93. The molecule has 92 valence electrons. The van der Waals surface area contributed by atoms with E-state index in [0.717, 1.165) is 6.54 Å². The second-order valence-electron chi connectivity index (χ2n) is 4.93. The predicted molar refractivity (Wildman–Crippen MR) is 71.3 cm³/mol. The molecule has 1 N–H and O–H groups in total. The van der Waals surface area contributed by atoms with Crippen LogP contribution in [0.1, 0.15) is 42.1 Å². The minimum absolute atomic E-state index is 0.104. The second-order valence-corrected chi connectivity index (χ2v) is 6.40. The zero-order chi connectivity index (χ0) is 12.3. The maximum absolute atomic E-state index is 5.40. The fourth-order valence-corrected chi connectivity index (χ4v) is 2.68. The quantitative estimate of drug-likeness (QED) is 0.852. The first-order valence-corrected chi connectivity index (χ1v) is 6.53. The normalized spacial score (nSPS) is 14.1. The highest BCUT2D eigenvalue weighted by Gasteiger charge is 2.18. The number of hydrogen-bond donors (Lipinski definition) is 1. The van der Waals surface area contributed by atoms with Crippen molar-refractivity contribution in [2.45, 2.75) is 46.3 Å². The number of hydrogen-bond acceptors (Lipinski definition) is 3. The minimum Gasteiger partial charge on any atom is -0.377 e. The van der Waals surface area contributed by atoms with Gasteiger partial charge in [-0.3, -0.25) is 0 Å². The Morgan fingerprint density at radius 2 is 2.06 bits per heavy atom. The molecular formula is C13H23NOS. The third-order valence-corrected chi connectivity index (χ3v) is 3.91. The molecule has 1 aromatic heterocycles. The molecule has 3 heteroatoms. The van der Waals surface area contributed by atoms with E-state index in [1.165, 1.54) is 15.3 Å². The Kier molecular flexibility index (Phi) is 4.53. The molecule has 16 heavy (non-hydrogen) atoms. The Hall–Kier alpha value is -0.380. The van der Waals surface area contributed by atoms with E-state index in [1.807, 2.05) is 11.3 Å². The molecule has 1 heterocycles. The lowest BCUT2D eigenvalue weighted by Gasteiger charge is -2.25. The molecule has 0 aliphatic carbocycles. The van der Waals surface area contributed by atoms with Crippen molar-refractivity contribution in [1.29, 1.82) is 0 Å². The van der Waals surface area contributed by atoms with Crippen molar-refractivity contribution in [3.8, 4) is 0 Å². The molecule has 1 aromatic rings. The SMILES string of the molecule is COC(C)(C)CNC(C)c1cc(C)sc1C. The highest BCUT2D eigenvalue weighted by atomic mass is 32.1. The van der Waals surface area contributed by atoms with E-state index >= 15 is 0 Å². The molecule has 0 fully saturated rings. The van der Waals surface area contributed by atoms with Gasteiger partial charge < -0.3 is 10.1 Å². The van der Waals surface area contributed by atoms with Gasteiger partial charge in [0.2, 0.25) is 0 Å². The first kappa shape index (κ1) is 13.7. The van der Waals surface area contributed by atoms with Crippen molar-refractivity contribution >= 4 is 11.3 Å². The molecule has 2 nitrogen and oxygen atoms in total. The van der Waals surface area contributed by atoms with E-state index in [-0.39, 0.29) is 5.60 Å². The van der Waals surface area contributed by atoms with E-state index in [9.17, 15) is 0 Å². The van der Waals surface area contributed by atoms with Crippen LogP contribution < -0.4 is 5.32 Å². The molecule has 0 aliphatic heterocycles. The highest BCUT2D eigenvalue weighted by molar-refractivity contribution is 7.12. The van der Waals surface area contributed by atoms with Crippen LogP contribution in [0, 0.1) is 13.8 Å². The number of rotatable bonds is 5. The third kappa shape index (κ3) is 3.58. The zero-order valence-corrected chi connectivity index (χ0v) is 12.0. The largest absolute Gasteiger partial charge is 0.377 e. The monoisotopic (exact) mass is 241 g/mol. The van der Waals surface area contributed by atoms with Crippen LogP contribution in [0.15, 0.2) is 6.07 Å². The smallest absolute Gasteiger partial charge is 0.0746 e. The van der Waals surface area contributed by atoms with E-state index in [2.05, 4.69) is 46.0 Å². The maximum atomic E-state index is 5.40. The van der Waals surface area contributed by atoms with Crippen molar-refractivity contribution in [1.82, 2.24) is 5.32 Å². The lowest BCUT2D eigenvalue weighted by Crippen LogP contribution is -2.37. The first-order valence-electron chi connectivity index (χ1n) is 5.71. The Morgan fingerprint density at radius 1 is 1.44 bits per heavy atom. The van der Waals surface area contributed by atoms with Gasteiger partial charge in [0.25, 0.3) is 0 Å². The standard InChI is InChI=1S/C13H23NOS/c1-9-7-12(11(3)16-9)10(2)14-8-13(4,5)15-6/h7,10,14H,8H2,1-6H3. The number of methoxy groups -OCH3 is 1. The summed E-state index contributed by atoms with van der Waals surface area (Å²) in [6.07, 6.45) is 0. The molecule has 0 spiro atoms. The van der Waals surface area contributed by atoms with E-state index < -0.39 is 0 Å². The summed E-state index contributed by atoms with van der Waals surface area (Å²) in [6.45, 7) is 11.6.